The fourth-order valence-corrected chi connectivity index (χ4v) is 7.09. The first kappa shape index (κ1) is 28.5. The number of carbonyl (C=O) groups is 4. The first-order valence-corrected chi connectivity index (χ1v) is 14.6. The Morgan fingerprint density at radius 1 is 0.767 bits per heavy atom. The summed E-state index contributed by atoms with van der Waals surface area (Å²) in [6.07, 6.45) is 2.07. The average Bonchev–Trinajstić information content (AvgIpc) is 3.56. The fraction of sp³-hybridized carbons (Fsp3) is 0.353. The van der Waals surface area contributed by atoms with Crippen LogP contribution < -0.4 is 19.3 Å². The molecule has 1 fully saturated rings. The van der Waals surface area contributed by atoms with Gasteiger partial charge in [0.15, 0.2) is 0 Å². The number of hydrogen-bond donors (Lipinski definition) is 0. The van der Waals surface area contributed by atoms with Crippen LogP contribution in [0.3, 0.4) is 0 Å². The molecule has 222 valence electrons. The van der Waals surface area contributed by atoms with Gasteiger partial charge in [0.2, 0.25) is 11.8 Å². The van der Waals surface area contributed by atoms with Crippen LogP contribution in [0.4, 0.5) is 11.4 Å². The van der Waals surface area contributed by atoms with E-state index in [1.54, 1.807) is 48.3 Å². The van der Waals surface area contributed by atoms with Crippen molar-refractivity contribution in [3.63, 3.8) is 0 Å². The van der Waals surface area contributed by atoms with Gasteiger partial charge in [-0.25, -0.2) is 0 Å². The third kappa shape index (κ3) is 4.37. The molecule has 6 rings (SSSR count). The van der Waals surface area contributed by atoms with Crippen LogP contribution in [0.5, 0.6) is 11.5 Å². The van der Waals surface area contributed by atoms with Crippen LogP contribution in [0.25, 0.3) is 0 Å². The lowest BCUT2D eigenvalue weighted by molar-refractivity contribution is -0.123. The van der Waals surface area contributed by atoms with E-state index in [4.69, 9.17) is 9.47 Å². The third-order valence-corrected chi connectivity index (χ3v) is 9.30. The number of carbonyl (C=O) groups excluding carboxylic acids is 4. The van der Waals surface area contributed by atoms with Gasteiger partial charge in [-0.1, -0.05) is 30.7 Å². The normalized spacial score (nSPS) is 19.3. The fourth-order valence-electron chi connectivity index (χ4n) is 7.09. The standard InChI is InChI=1S/C34H35N3O6/c1-19-20(2)31(43-5)25(21(3)30(19)42-4)17-35-27-14-8-9-15-28(27)37(26-16-10-13-24(26)34(35)41)29(38)18-36-32(39)22-11-6-7-12-23(22)33(36)40/h6-9,11-12,14-15,24,26H,10,13,16-18H2,1-5H3/t24-,26+/m0/s1. The van der Waals surface area contributed by atoms with Crippen molar-refractivity contribution in [1.29, 1.82) is 0 Å². The van der Waals surface area contributed by atoms with Gasteiger partial charge in [0.05, 0.1) is 49.2 Å². The Kier molecular flexibility index (Phi) is 7.20. The van der Waals surface area contributed by atoms with E-state index in [0.29, 0.717) is 41.1 Å². The van der Waals surface area contributed by atoms with Gasteiger partial charge in [-0.15, -0.1) is 0 Å². The molecule has 3 aromatic carbocycles. The summed E-state index contributed by atoms with van der Waals surface area (Å²) in [5.41, 5.74) is 5.41. The Morgan fingerprint density at radius 2 is 1.35 bits per heavy atom. The number of methoxy groups -OCH3 is 2. The van der Waals surface area contributed by atoms with Crippen molar-refractivity contribution < 1.29 is 28.7 Å². The van der Waals surface area contributed by atoms with E-state index in [1.807, 2.05) is 45.0 Å². The smallest absolute Gasteiger partial charge is 0.262 e. The van der Waals surface area contributed by atoms with Crippen LogP contribution in [-0.4, -0.2) is 55.3 Å². The van der Waals surface area contributed by atoms with E-state index in [1.165, 1.54) is 0 Å². The van der Waals surface area contributed by atoms with E-state index < -0.39 is 36.2 Å². The molecule has 0 N–H and O–H groups in total. The predicted molar refractivity (Wildman–Crippen MR) is 162 cm³/mol. The zero-order valence-electron chi connectivity index (χ0n) is 25.1. The molecule has 1 aliphatic carbocycles. The average molecular weight is 582 g/mol. The second kappa shape index (κ2) is 10.9. The lowest BCUT2D eigenvalue weighted by atomic mass is 9.96. The van der Waals surface area contributed by atoms with Crippen LogP contribution in [0, 0.1) is 26.7 Å². The molecule has 9 nitrogen and oxygen atoms in total. The highest BCUT2D eigenvalue weighted by Gasteiger charge is 2.47. The molecule has 0 bridgehead atoms. The Balaban J connectivity index is 1.42. The predicted octanol–water partition coefficient (Wildman–Crippen LogP) is 4.97. The van der Waals surface area contributed by atoms with Crippen molar-refractivity contribution in [1.82, 2.24) is 4.90 Å². The maximum absolute atomic E-state index is 14.4. The van der Waals surface area contributed by atoms with E-state index in [2.05, 4.69) is 0 Å². The van der Waals surface area contributed by atoms with Crippen molar-refractivity contribution in [2.45, 2.75) is 52.6 Å². The Bertz CT molecular complexity index is 1650. The molecule has 9 heteroatoms. The van der Waals surface area contributed by atoms with E-state index >= 15 is 0 Å². The van der Waals surface area contributed by atoms with Crippen LogP contribution in [-0.2, 0) is 16.1 Å². The first-order chi connectivity index (χ1) is 20.7. The highest BCUT2D eigenvalue weighted by atomic mass is 16.5. The van der Waals surface area contributed by atoms with Crippen LogP contribution in [0.15, 0.2) is 48.5 Å². The zero-order chi connectivity index (χ0) is 30.6. The molecule has 0 saturated heterocycles. The monoisotopic (exact) mass is 581 g/mol. The maximum atomic E-state index is 14.4. The molecular weight excluding hydrogens is 546 g/mol. The minimum atomic E-state index is -0.482. The van der Waals surface area contributed by atoms with Crippen molar-refractivity contribution in [2.75, 3.05) is 30.6 Å². The van der Waals surface area contributed by atoms with Gasteiger partial charge >= 0.3 is 0 Å². The van der Waals surface area contributed by atoms with E-state index in [9.17, 15) is 19.2 Å². The number of benzene rings is 3. The van der Waals surface area contributed by atoms with Gasteiger partial charge in [0.1, 0.15) is 18.0 Å². The number of anilines is 2. The Labute approximate surface area is 251 Å². The number of ether oxygens (including phenoxy) is 2. The molecular formula is C34H35N3O6. The van der Waals surface area contributed by atoms with E-state index in [0.717, 1.165) is 39.3 Å². The van der Waals surface area contributed by atoms with Crippen molar-refractivity contribution in [3.8, 4) is 11.5 Å². The minimum Gasteiger partial charge on any atom is -0.496 e. The molecule has 0 radical (unpaired) electrons. The van der Waals surface area contributed by atoms with Crippen LogP contribution in [0.1, 0.15) is 62.2 Å². The molecule has 0 spiro atoms. The van der Waals surface area contributed by atoms with Crippen LogP contribution >= 0.6 is 0 Å². The Hall–Kier alpha value is -4.66. The lowest BCUT2D eigenvalue weighted by Crippen LogP contribution is -2.49. The third-order valence-electron chi connectivity index (χ3n) is 9.30. The molecule has 1 saturated carbocycles. The largest absolute Gasteiger partial charge is 0.496 e. The van der Waals surface area contributed by atoms with Gasteiger partial charge in [-0.2, -0.15) is 0 Å². The van der Waals surface area contributed by atoms with Crippen LogP contribution in [0.2, 0.25) is 0 Å². The molecule has 0 unspecified atom stereocenters. The number of imide groups is 1. The second-order valence-electron chi connectivity index (χ2n) is 11.4. The lowest BCUT2D eigenvalue weighted by Gasteiger charge is -2.31. The molecule has 2 heterocycles. The van der Waals surface area contributed by atoms with Gasteiger partial charge in [0.25, 0.3) is 11.8 Å². The highest BCUT2D eigenvalue weighted by Crippen LogP contribution is 2.45. The number of amides is 4. The Morgan fingerprint density at radius 3 is 1.98 bits per heavy atom. The number of nitrogens with zero attached hydrogens (tertiary/aromatic N) is 3. The summed E-state index contributed by atoms with van der Waals surface area (Å²) in [6, 6.07) is 13.6. The van der Waals surface area contributed by atoms with E-state index in [-0.39, 0.29) is 12.5 Å². The molecule has 4 amide bonds. The summed E-state index contributed by atoms with van der Waals surface area (Å²) < 4.78 is 11.6. The van der Waals surface area contributed by atoms with Gasteiger partial charge in [0, 0.05) is 11.6 Å². The van der Waals surface area contributed by atoms with Gasteiger partial charge in [-0.05, 0) is 74.6 Å². The summed E-state index contributed by atoms with van der Waals surface area (Å²) in [5, 5.41) is 0. The SMILES string of the molecule is COc1c(C)c(C)c(OC)c(CN2C(=O)[C@H]3CCC[C@H]3N(C(=O)CN3C(=O)c4ccccc4C3=O)c3ccccc32)c1C. The van der Waals surface area contributed by atoms with Crippen molar-refractivity contribution >= 4 is 35.0 Å². The van der Waals surface area contributed by atoms with Gasteiger partial charge < -0.3 is 19.3 Å². The number of hydrogen-bond acceptors (Lipinski definition) is 6. The molecule has 0 aromatic heterocycles. The maximum Gasteiger partial charge on any atom is 0.262 e. The minimum absolute atomic E-state index is 0.0652. The van der Waals surface area contributed by atoms with Crippen molar-refractivity contribution in [2.24, 2.45) is 5.92 Å². The quantitative estimate of drug-likeness (QED) is 0.382. The van der Waals surface area contributed by atoms with Gasteiger partial charge in [-0.3, -0.25) is 24.1 Å². The molecule has 3 aromatic rings. The second-order valence-corrected chi connectivity index (χ2v) is 11.4. The molecule has 43 heavy (non-hydrogen) atoms. The number of rotatable bonds is 6. The summed E-state index contributed by atoms with van der Waals surface area (Å²) in [5.74, 6) is -0.404. The molecule has 2 aliphatic heterocycles. The summed E-state index contributed by atoms with van der Waals surface area (Å²) in [6.45, 7) is 5.75. The summed E-state index contributed by atoms with van der Waals surface area (Å²) in [4.78, 5) is 59.2. The number of para-hydroxylation sites is 2. The summed E-state index contributed by atoms with van der Waals surface area (Å²) in [7, 11) is 3.26. The molecule has 2 atom stereocenters. The topological polar surface area (TPSA) is 96.5 Å². The van der Waals surface area contributed by atoms with Crippen molar-refractivity contribution in [3.05, 3.63) is 81.9 Å². The zero-order valence-corrected chi connectivity index (χ0v) is 25.1. The first-order valence-electron chi connectivity index (χ1n) is 14.6. The number of fused-ring (bicyclic) bond motifs is 3. The highest BCUT2D eigenvalue weighted by molar-refractivity contribution is 6.23. The molecule has 3 aliphatic rings. The summed E-state index contributed by atoms with van der Waals surface area (Å²) >= 11 is 0.